The SMILES string of the molecule is CC(C)(N)CCCCC1CCCCC1(C)C. The van der Waals surface area contributed by atoms with Crippen molar-refractivity contribution >= 4 is 0 Å². The Hall–Kier alpha value is -0.0400. The van der Waals surface area contributed by atoms with Crippen LogP contribution in [0.4, 0.5) is 0 Å². The normalized spacial score (nSPS) is 25.7. The third-order valence-corrected chi connectivity index (χ3v) is 4.35. The second-order valence-electron chi connectivity index (χ2n) is 7.17. The Kier molecular flexibility index (Phi) is 4.85. The first-order chi connectivity index (χ1) is 7.31. The monoisotopic (exact) mass is 225 g/mol. The van der Waals surface area contributed by atoms with Crippen LogP contribution in [0, 0.1) is 11.3 Å². The summed E-state index contributed by atoms with van der Waals surface area (Å²) in [5, 5.41) is 0. The summed E-state index contributed by atoms with van der Waals surface area (Å²) in [5.41, 5.74) is 6.63. The number of unbranched alkanes of at least 4 members (excludes halogenated alkanes) is 1. The summed E-state index contributed by atoms with van der Waals surface area (Å²) >= 11 is 0. The molecule has 1 aliphatic carbocycles. The molecule has 0 aromatic heterocycles. The number of hydrogen-bond acceptors (Lipinski definition) is 1. The van der Waals surface area contributed by atoms with E-state index in [1.54, 1.807) is 0 Å². The Morgan fingerprint density at radius 2 is 1.88 bits per heavy atom. The van der Waals surface area contributed by atoms with Crippen LogP contribution in [-0.2, 0) is 0 Å². The molecular formula is C15H31N. The van der Waals surface area contributed by atoms with Crippen molar-refractivity contribution in [3.05, 3.63) is 0 Å². The molecule has 1 atom stereocenters. The van der Waals surface area contributed by atoms with E-state index >= 15 is 0 Å². The van der Waals surface area contributed by atoms with Gasteiger partial charge < -0.3 is 5.73 Å². The average molecular weight is 225 g/mol. The van der Waals surface area contributed by atoms with Crippen LogP contribution in [0.5, 0.6) is 0 Å². The summed E-state index contributed by atoms with van der Waals surface area (Å²) in [6, 6.07) is 0. The molecular weight excluding hydrogens is 194 g/mol. The highest BCUT2D eigenvalue weighted by Gasteiger charge is 2.31. The van der Waals surface area contributed by atoms with E-state index in [2.05, 4.69) is 27.7 Å². The van der Waals surface area contributed by atoms with Crippen LogP contribution < -0.4 is 5.73 Å². The van der Waals surface area contributed by atoms with Crippen molar-refractivity contribution in [1.29, 1.82) is 0 Å². The van der Waals surface area contributed by atoms with Gasteiger partial charge in [-0.1, -0.05) is 39.5 Å². The van der Waals surface area contributed by atoms with Gasteiger partial charge in [-0.15, -0.1) is 0 Å². The Morgan fingerprint density at radius 1 is 1.19 bits per heavy atom. The molecule has 16 heavy (non-hydrogen) atoms. The zero-order valence-electron chi connectivity index (χ0n) is 11.8. The van der Waals surface area contributed by atoms with Crippen molar-refractivity contribution < 1.29 is 0 Å². The third kappa shape index (κ3) is 4.86. The standard InChI is InChI=1S/C15H31N/c1-14(2)11-7-5-9-13(14)10-6-8-12-15(3,4)16/h13H,5-12,16H2,1-4H3. The van der Waals surface area contributed by atoms with Gasteiger partial charge in [-0.3, -0.25) is 0 Å². The van der Waals surface area contributed by atoms with Crippen molar-refractivity contribution in [2.24, 2.45) is 17.1 Å². The quantitative estimate of drug-likeness (QED) is 0.685. The minimum Gasteiger partial charge on any atom is -0.326 e. The van der Waals surface area contributed by atoms with Gasteiger partial charge in [0.15, 0.2) is 0 Å². The zero-order valence-corrected chi connectivity index (χ0v) is 11.8. The fraction of sp³-hybridized carbons (Fsp3) is 1.00. The van der Waals surface area contributed by atoms with E-state index in [0.717, 1.165) is 5.92 Å². The van der Waals surface area contributed by atoms with Gasteiger partial charge in [0.1, 0.15) is 0 Å². The molecule has 1 rings (SSSR count). The topological polar surface area (TPSA) is 26.0 Å². The molecule has 1 fully saturated rings. The summed E-state index contributed by atoms with van der Waals surface area (Å²) in [5.74, 6) is 0.960. The van der Waals surface area contributed by atoms with Crippen molar-refractivity contribution in [2.75, 3.05) is 0 Å². The van der Waals surface area contributed by atoms with E-state index in [4.69, 9.17) is 5.73 Å². The van der Waals surface area contributed by atoms with Crippen LogP contribution in [0.1, 0.15) is 79.1 Å². The Morgan fingerprint density at radius 3 is 2.44 bits per heavy atom. The van der Waals surface area contributed by atoms with E-state index in [9.17, 15) is 0 Å². The van der Waals surface area contributed by atoms with Crippen LogP contribution in [0.15, 0.2) is 0 Å². The van der Waals surface area contributed by atoms with Crippen LogP contribution in [0.2, 0.25) is 0 Å². The number of rotatable bonds is 5. The fourth-order valence-electron chi connectivity index (χ4n) is 3.07. The molecule has 1 aliphatic rings. The molecule has 0 aromatic carbocycles. The largest absolute Gasteiger partial charge is 0.326 e. The zero-order chi connectivity index (χ0) is 12.2. The lowest BCUT2D eigenvalue weighted by atomic mass is 9.67. The Labute approximate surface area is 102 Å². The molecule has 0 heterocycles. The second kappa shape index (κ2) is 5.53. The van der Waals surface area contributed by atoms with Gasteiger partial charge in [-0.05, 0) is 50.9 Å². The van der Waals surface area contributed by atoms with Gasteiger partial charge >= 0.3 is 0 Å². The van der Waals surface area contributed by atoms with Gasteiger partial charge in [0.2, 0.25) is 0 Å². The maximum Gasteiger partial charge on any atom is 0.00970 e. The summed E-state index contributed by atoms with van der Waals surface area (Å²) < 4.78 is 0. The van der Waals surface area contributed by atoms with Gasteiger partial charge in [0.25, 0.3) is 0 Å². The molecule has 96 valence electrons. The lowest BCUT2D eigenvalue weighted by Gasteiger charge is -2.39. The van der Waals surface area contributed by atoms with Crippen LogP contribution >= 0.6 is 0 Å². The molecule has 1 heteroatoms. The highest BCUT2D eigenvalue weighted by molar-refractivity contribution is 4.82. The van der Waals surface area contributed by atoms with E-state index in [0.29, 0.717) is 5.41 Å². The fourth-order valence-corrected chi connectivity index (χ4v) is 3.07. The van der Waals surface area contributed by atoms with Gasteiger partial charge in [0, 0.05) is 5.54 Å². The molecule has 0 amide bonds. The number of hydrogen-bond donors (Lipinski definition) is 1. The van der Waals surface area contributed by atoms with Crippen molar-refractivity contribution in [1.82, 2.24) is 0 Å². The first kappa shape index (κ1) is 14.0. The van der Waals surface area contributed by atoms with E-state index < -0.39 is 0 Å². The maximum atomic E-state index is 6.01. The highest BCUT2D eigenvalue weighted by Crippen LogP contribution is 2.43. The minimum absolute atomic E-state index is 0.0298. The summed E-state index contributed by atoms with van der Waals surface area (Å²) in [6.07, 6.45) is 11.0. The van der Waals surface area contributed by atoms with Crippen LogP contribution in [0.3, 0.4) is 0 Å². The van der Waals surface area contributed by atoms with E-state index in [-0.39, 0.29) is 5.54 Å². The molecule has 0 aromatic rings. The summed E-state index contributed by atoms with van der Waals surface area (Å²) in [4.78, 5) is 0. The second-order valence-corrected chi connectivity index (χ2v) is 7.17. The maximum absolute atomic E-state index is 6.01. The van der Waals surface area contributed by atoms with E-state index in [1.165, 1.54) is 51.4 Å². The molecule has 2 N–H and O–H groups in total. The molecule has 0 spiro atoms. The van der Waals surface area contributed by atoms with E-state index in [1.807, 2.05) is 0 Å². The first-order valence-electron chi connectivity index (χ1n) is 7.10. The molecule has 1 unspecified atom stereocenters. The third-order valence-electron chi connectivity index (χ3n) is 4.35. The predicted molar refractivity (Wildman–Crippen MR) is 72.5 cm³/mol. The van der Waals surface area contributed by atoms with Gasteiger partial charge in [0.05, 0.1) is 0 Å². The molecule has 0 radical (unpaired) electrons. The average Bonchev–Trinajstić information content (AvgIpc) is 2.12. The number of nitrogens with two attached hydrogens (primary N) is 1. The smallest absolute Gasteiger partial charge is 0.00970 e. The minimum atomic E-state index is 0.0298. The molecule has 0 bridgehead atoms. The lowest BCUT2D eigenvalue weighted by Crippen LogP contribution is -2.31. The molecule has 0 saturated heterocycles. The van der Waals surface area contributed by atoms with Crippen molar-refractivity contribution in [3.8, 4) is 0 Å². The van der Waals surface area contributed by atoms with Crippen LogP contribution in [0.25, 0.3) is 0 Å². The first-order valence-corrected chi connectivity index (χ1v) is 7.10. The van der Waals surface area contributed by atoms with Crippen molar-refractivity contribution in [2.45, 2.75) is 84.6 Å². The summed E-state index contributed by atoms with van der Waals surface area (Å²) in [7, 11) is 0. The predicted octanol–water partition coefficient (Wildman–Crippen LogP) is 4.50. The van der Waals surface area contributed by atoms with Gasteiger partial charge in [-0.2, -0.15) is 0 Å². The van der Waals surface area contributed by atoms with Gasteiger partial charge in [-0.25, -0.2) is 0 Å². The molecule has 1 saturated carbocycles. The van der Waals surface area contributed by atoms with Crippen molar-refractivity contribution in [3.63, 3.8) is 0 Å². The Balaban J connectivity index is 2.21. The molecule has 0 aliphatic heterocycles. The highest BCUT2D eigenvalue weighted by atomic mass is 14.7. The molecule has 1 nitrogen and oxygen atoms in total. The summed E-state index contributed by atoms with van der Waals surface area (Å²) in [6.45, 7) is 9.20. The van der Waals surface area contributed by atoms with Crippen LogP contribution in [-0.4, -0.2) is 5.54 Å². The Bertz CT molecular complexity index is 200. The lowest BCUT2D eigenvalue weighted by molar-refractivity contribution is 0.126.